The molecular formula is C10H7BrClNS. The van der Waals surface area contributed by atoms with Gasteiger partial charge in [-0.1, -0.05) is 17.7 Å². The van der Waals surface area contributed by atoms with Crippen molar-refractivity contribution in [3.8, 4) is 11.1 Å². The molecule has 14 heavy (non-hydrogen) atoms. The van der Waals surface area contributed by atoms with Gasteiger partial charge in [0.05, 0.1) is 10.7 Å². The van der Waals surface area contributed by atoms with Gasteiger partial charge < -0.3 is 5.73 Å². The van der Waals surface area contributed by atoms with E-state index in [-0.39, 0.29) is 0 Å². The quantitative estimate of drug-likeness (QED) is 0.773. The van der Waals surface area contributed by atoms with E-state index in [2.05, 4.69) is 21.3 Å². The van der Waals surface area contributed by atoms with E-state index < -0.39 is 0 Å². The van der Waals surface area contributed by atoms with Gasteiger partial charge in [-0.25, -0.2) is 0 Å². The monoisotopic (exact) mass is 287 g/mol. The molecule has 1 aromatic carbocycles. The summed E-state index contributed by atoms with van der Waals surface area (Å²) in [6.07, 6.45) is 0. The third-order valence-corrected chi connectivity index (χ3v) is 3.97. The van der Waals surface area contributed by atoms with Crippen molar-refractivity contribution in [3.63, 3.8) is 0 Å². The van der Waals surface area contributed by atoms with Crippen LogP contribution < -0.4 is 5.73 Å². The summed E-state index contributed by atoms with van der Waals surface area (Å²) >= 11 is 11.0. The van der Waals surface area contributed by atoms with Crippen LogP contribution in [-0.2, 0) is 0 Å². The van der Waals surface area contributed by atoms with Gasteiger partial charge in [0.2, 0.25) is 0 Å². The minimum Gasteiger partial charge on any atom is -0.398 e. The molecule has 2 N–H and O–H groups in total. The van der Waals surface area contributed by atoms with E-state index >= 15 is 0 Å². The highest BCUT2D eigenvalue weighted by atomic mass is 79.9. The molecule has 1 heterocycles. The lowest BCUT2D eigenvalue weighted by Gasteiger charge is -2.02. The molecular weight excluding hydrogens is 282 g/mol. The Labute approximate surface area is 99.6 Å². The molecule has 1 nitrogen and oxygen atoms in total. The van der Waals surface area contributed by atoms with Crippen molar-refractivity contribution < 1.29 is 0 Å². The Bertz CT molecular complexity index is 467. The molecule has 0 saturated carbocycles. The second-order valence-electron chi connectivity index (χ2n) is 2.87. The van der Waals surface area contributed by atoms with Gasteiger partial charge in [0.1, 0.15) is 0 Å². The van der Waals surface area contributed by atoms with Gasteiger partial charge in [0, 0.05) is 15.4 Å². The molecule has 1 aromatic heterocycles. The Kier molecular flexibility index (Phi) is 2.81. The maximum absolute atomic E-state index is 5.85. The van der Waals surface area contributed by atoms with Crippen molar-refractivity contribution in [1.82, 2.24) is 0 Å². The predicted molar refractivity (Wildman–Crippen MR) is 66.9 cm³/mol. The molecule has 72 valence electrons. The standard InChI is InChI=1S/C10H7BrClNS/c11-8-5-14-4-7(8)6-1-2-9(12)10(13)3-6/h1-5H,13H2. The van der Waals surface area contributed by atoms with Gasteiger partial charge in [-0.05, 0) is 39.0 Å². The molecule has 4 heteroatoms. The first-order valence-corrected chi connectivity index (χ1v) is 6.07. The van der Waals surface area contributed by atoms with Crippen molar-refractivity contribution in [2.45, 2.75) is 0 Å². The second kappa shape index (κ2) is 3.93. The number of benzene rings is 1. The fraction of sp³-hybridized carbons (Fsp3) is 0. The van der Waals surface area contributed by atoms with Crippen LogP contribution in [0.4, 0.5) is 5.69 Å². The Morgan fingerprint density at radius 1 is 1.29 bits per heavy atom. The van der Waals surface area contributed by atoms with E-state index in [1.807, 2.05) is 23.6 Å². The van der Waals surface area contributed by atoms with Gasteiger partial charge in [0.25, 0.3) is 0 Å². The van der Waals surface area contributed by atoms with E-state index in [1.54, 1.807) is 11.3 Å². The Balaban J connectivity index is 2.53. The summed E-state index contributed by atoms with van der Waals surface area (Å²) in [4.78, 5) is 0. The molecule has 0 bridgehead atoms. The fourth-order valence-corrected chi connectivity index (χ4v) is 2.85. The van der Waals surface area contributed by atoms with E-state index in [0.29, 0.717) is 10.7 Å². The molecule has 0 unspecified atom stereocenters. The van der Waals surface area contributed by atoms with E-state index in [4.69, 9.17) is 17.3 Å². The lowest BCUT2D eigenvalue weighted by Crippen LogP contribution is -1.86. The minimum atomic E-state index is 0.597. The van der Waals surface area contributed by atoms with Crippen molar-refractivity contribution in [1.29, 1.82) is 0 Å². The number of rotatable bonds is 1. The lowest BCUT2D eigenvalue weighted by atomic mass is 10.1. The van der Waals surface area contributed by atoms with Crippen LogP contribution in [0, 0.1) is 0 Å². The molecule has 0 aliphatic rings. The zero-order chi connectivity index (χ0) is 10.1. The van der Waals surface area contributed by atoms with Gasteiger partial charge in [-0.3, -0.25) is 0 Å². The second-order valence-corrected chi connectivity index (χ2v) is 4.87. The maximum Gasteiger partial charge on any atom is 0.0635 e. The molecule has 0 aliphatic carbocycles. The van der Waals surface area contributed by atoms with Gasteiger partial charge >= 0.3 is 0 Å². The highest BCUT2D eigenvalue weighted by Crippen LogP contribution is 2.34. The van der Waals surface area contributed by atoms with Gasteiger partial charge in [0.15, 0.2) is 0 Å². The van der Waals surface area contributed by atoms with Crippen molar-refractivity contribution in [3.05, 3.63) is 38.5 Å². The van der Waals surface area contributed by atoms with Gasteiger partial charge in [-0.2, -0.15) is 11.3 Å². The Morgan fingerprint density at radius 3 is 2.64 bits per heavy atom. The maximum atomic E-state index is 5.85. The number of nitrogen functional groups attached to an aromatic ring is 1. The first-order chi connectivity index (χ1) is 6.68. The Morgan fingerprint density at radius 2 is 2.07 bits per heavy atom. The van der Waals surface area contributed by atoms with Crippen molar-refractivity contribution in [2.75, 3.05) is 5.73 Å². The zero-order valence-electron chi connectivity index (χ0n) is 7.13. The molecule has 0 aliphatic heterocycles. The lowest BCUT2D eigenvalue weighted by molar-refractivity contribution is 1.64. The number of halogens is 2. The molecule has 0 atom stereocenters. The topological polar surface area (TPSA) is 26.0 Å². The van der Waals surface area contributed by atoms with E-state index in [1.165, 1.54) is 0 Å². The van der Waals surface area contributed by atoms with E-state index in [9.17, 15) is 0 Å². The van der Waals surface area contributed by atoms with Crippen LogP contribution in [0.15, 0.2) is 33.4 Å². The van der Waals surface area contributed by atoms with Crippen LogP contribution in [0.2, 0.25) is 5.02 Å². The molecule has 0 amide bonds. The minimum absolute atomic E-state index is 0.597. The molecule has 0 radical (unpaired) electrons. The smallest absolute Gasteiger partial charge is 0.0635 e. The predicted octanol–water partition coefficient (Wildman–Crippen LogP) is 4.41. The highest BCUT2D eigenvalue weighted by Gasteiger charge is 2.05. The van der Waals surface area contributed by atoms with E-state index in [0.717, 1.165) is 15.6 Å². The molecule has 0 spiro atoms. The summed E-state index contributed by atoms with van der Waals surface area (Å²) in [6, 6.07) is 5.66. The number of thiophene rings is 1. The first-order valence-electron chi connectivity index (χ1n) is 3.95. The third kappa shape index (κ3) is 1.80. The van der Waals surface area contributed by atoms with Crippen molar-refractivity contribution in [2.24, 2.45) is 0 Å². The third-order valence-electron chi connectivity index (χ3n) is 1.92. The molecule has 0 fully saturated rings. The highest BCUT2D eigenvalue weighted by molar-refractivity contribution is 9.10. The van der Waals surface area contributed by atoms with Crippen LogP contribution >= 0.6 is 38.9 Å². The van der Waals surface area contributed by atoms with Crippen LogP contribution in [0.25, 0.3) is 11.1 Å². The average Bonchev–Trinajstić information content (AvgIpc) is 2.57. The van der Waals surface area contributed by atoms with Crippen molar-refractivity contribution >= 4 is 44.6 Å². The average molecular weight is 289 g/mol. The SMILES string of the molecule is Nc1cc(-c2cscc2Br)ccc1Cl. The summed E-state index contributed by atoms with van der Waals surface area (Å²) in [6.45, 7) is 0. The molecule has 2 rings (SSSR count). The van der Waals surface area contributed by atoms with Crippen LogP contribution in [-0.4, -0.2) is 0 Å². The number of hydrogen-bond donors (Lipinski definition) is 1. The summed E-state index contributed by atoms with van der Waals surface area (Å²) in [5.41, 5.74) is 8.58. The summed E-state index contributed by atoms with van der Waals surface area (Å²) in [5, 5.41) is 4.72. The largest absolute Gasteiger partial charge is 0.398 e. The molecule has 2 aromatic rings. The fourth-order valence-electron chi connectivity index (χ4n) is 1.20. The summed E-state index contributed by atoms with van der Waals surface area (Å²) in [5.74, 6) is 0. The number of anilines is 1. The normalized spacial score (nSPS) is 10.4. The number of hydrogen-bond acceptors (Lipinski definition) is 2. The van der Waals surface area contributed by atoms with Crippen LogP contribution in [0.3, 0.4) is 0 Å². The first kappa shape index (κ1) is 10.0. The Hall–Kier alpha value is -0.510. The summed E-state index contributed by atoms with van der Waals surface area (Å²) < 4.78 is 1.09. The van der Waals surface area contributed by atoms with Gasteiger partial charge in [-0.15, -0.1) is 0 Å². The summed E-state index contributed by atoms with van der Waals surface area (Å²) in [7, 11) is 0. The van der Waals surface area contributed by atoms with Crippen LogP contribution in [0.1, 0.15) is 0 Å². The molecule has 0 saturated heterocycles. The zero-order valence-corrected chi connectivity index (χ0v) is 10.3. The van der Waals surface area contributed by atoms with Crippen LogP contribution in [0.5, 0.6) is 0 Å². The number of nitrogens with two attached hydrogens (primary N) is 1.